The van der Waals surface area contributed by atoms with Crippen molar-refractivity contribution in [3.05, 3.63) is 64.9 Å². The molecule has 0 bridgehead atoms. The van der Waals surface area contributed by atoms with Crippen LogP contribution in [0, 0.1) is 0 Å². The first-order valence-electron chi connectivity index (χ1n) is 6.64. The van der Waals surface area contributed by atoms with Gasteiger partial charge in [-0.15, -0.1) is 0 Å². The van der Waals surface area contributed by atoms with E-state index in [9.17, 15) is 4.79 Å². The van der Waals surface area contributed by atoms with Crippen LogP contribution in [0.4, 0.5) is 0 Å². The third-order valence-electron chi connectivity index (χ3n) is 3.36. The maximum absolute atomic E-state index is 12.3. The van der Waals surface area contributed by atoms with Gasteiger partial charge in [0.25, 0.3) is 5.91 Å². The highest BCUT2D eigenvalue weighted by atomic mass is 35.5. The van der Waals surface area contributed by atoms with Crippen molar-refractivity contribution in [2.75, 3.05) is 0 Å². The summed E-state index contributed by atoms with van der Waals surface area (Å²) >= 11 is 5.81. The number of benzene rings is 2. The number of imidazole rings is 1. The molecule has 0 fully saturated rings. The van der Waals surface area contributed by atoms with Crippen LogP contribution < -0.4 is 5.32 Å². The number of hydrogen-bond acceptors (Lipinski definition) is 2. The van der Waals surface area contributed by atoms with E-state index in [4.69, 9.17) is 11.6 Å². The van der Waals surface area contributed by atoms with Gasteiger partial charge in [-0.2, -0.15) is 0 Å². The summed E-state index contributed by atoms with van der Waals surface area (Å²) in [6.45, 7) is 1.96. The molecule has 2 aromatic carbocycles. The molecule has 1 atom stereocenters. The Kier molecular flexibility index (Phi) is 3.62. The van der Waals surface area contributed by atoms with Crippen LogP contribution in [-0.4, -0.2) is 15.9 Å². The Labute approximate surface area is 127 Å². The van der Waals surface area contributed by atoms with Crippen molar-refractivity contribution in [2.45, 2.75) is 13.0 Å². The van der Waals surface area contributed by atoms with Gasteiger partial charge in [0.2, 0.25) is 5.28 Å². The van der Waals surface area contributed by atoms with Gasteiger partial charge in [0.1, 0.15) is 0 Å². The fourth-order valence-corrected chi connectivity index (χ4v) is 2.42. The molecule has 0 aliphatic rings. The summed E-state index contributed by atoms with van der Waals surface area (Å²) in [5, 5.41) is 3.30. The highest BCUT2D eigenvalue weighted by Gasteiger charge is 2.12. The number of carbonyl (C=O) groups excluding carboxylic acids is 1. The first-order valence-corrected chi connectivity index (χ1v) is 7.02. The number of aromatic amines is 1. The van der Waals surface area contributed by atoms with Gasteiger partial charge in [0.15, 0.2) is 0 Å². The predicted molar refractivity (Wildman–Crippen MR) is 83.4 cm³/mol. The van der Waals surface area contributed by atoms with E-state index in [0.29, 0.717) is 10.8 Å². The first kappa shape index (κ1) is 13.6. The largest absolute Gasteiger partial charge is 0.346 e. The molecule has 4 nitrogen and oxygen atoms in total. The van der Waals surface area contributed by atoms with Crippen LogP contribution >= 0.6 is 11.6 Å². The number of nitrogens with zero attached hydrogens (tertiary/aromatic N) is 1. The van der Waals surface area contributed by atoms with E-state index in [1.807, 2.05) is 37.3 Å². The lowest BCUT2D eigenvalue weighted by Crippen LogP contribution is -2.26. The molecule has 0 radical (unpaired) electrons. The summed E-state index contributed by atoms with van der Waals surface area (Å²) < 4.78 is 0. The summed E-state index contributed by atoms with van der Waals surface area (Å²) in [6.07, 6.45) is 0. The monoisotopic (exact) mass is 299 g/mol. The zero-order valence-corrected chi connectivity index (χ0v) is 12.2. The van der Waals surface area contributed by atoms with Gasteiger partial charge in [-0.1, -0.05) is 30.3 Å². The van der Waals surface area contributed by atoms with E-state index in [-0.39, 0.29) is 11.9 Å². The Morgan fingerprint density at radius 1 is 1.24 bits per heavy atom. The molecule has 5 heteroatoms. The van der Waals surface area contributed by atoms with Crippen LogP contribution in [0.1, 0.15) is 28.9 Å². The standard InChI is InChI=1S/C16H14ClN3O/c1-10(11-5-3-2-4-6-11)18-15(21)12-7-8-13-14(9-12)20-16(17)19-13/h2-10H,1H3,(H,18,21)(H,19,20)/t10-/m0/s1. The number of rotatable bonds is 3. The molecule has 0 unspecified atom stereocenters. The number of halogens is 1. The normalized spacial score (nSPS) is 12.3. The van der Waals surface area contributed by atoms with Crippen molar-refractivity contribution >= 4 is 28.5 Å². The highest BCUT2D eigenvalue weighted by molar-refractivity contribution is 6.29. The molecule has 21 heavy (non-hydrogen) atoms. The minimum Gasteiger partial charge on any atom is -0.346 e. The molecule has 1 aromatic heterocycles. The molecule has 3 rings (SSSR count). The van der Waals surface area contributed by atoms with Gasteiger partial charge in [-0.3, -0.25) is 4.79 Å². The molecule has 0 aliphatic carbocycles. The van der Waals surface area contributed by atoms with E-state index >= 15 is 0 Å². The Morgan fingerprint density at radius 2 is 2.00 bits per heavy atom. The maximum Gasteiger partial charge on any atom is 0.251 e. The van der Waals surface area contributed by atoms with Crippen LogP contribution in [0.25, 0.3) is 11.0 Å². The van der Waals surface area contributed by atoms with Gasteiger partial charge in [0.05, 0.1) is 17.1 Å². The molecule has 0 saturated carbocycles. The second kappa shape index (κ2) is 5.58. The predicted octanol–water partition coefficient (Wildman–Crippen LogP) is 3.71. The molecule has 1 heterocycles. The van der Waals surface area contributed by atoms with E-state index in [1.165, 1.54) is 0 Å². The minimum absolute atomic E-state index is 0.0558. The number of fused-ring (bicyclic) bond motifs is 1. The van der Waals surface area contributed by atoms with Crippen LogP contribution in [0.3, 0.4) is 0 Å². The van der Waals surface area contributed by atoms with Crippen LogP contribution in [0.5, 0.6) is 0 Å². The molecule has 2 N–H and O–H groups in total. The minimum atomic E-state index is -0.126. The quantitative estimate of drug-likeness (QED) is 0.774. The van der Waals surface area contributed by atoms with E-state index in [2.05, 4.69) is 15.3 Å². The number of aromatic nitrogens is 2. The average molecular weight is 300 g/mol. The van der Waals surface area contributed by atoms with Gasteiger partial charge in [-0.05, 0) is 42.3 Å². The summed E-state index contributed by atoms with van der Waals surface area (Å²) in [6, 6.07) is 15.1. The zero-order chi connectivity index (χ0) is 14.8. The van der Waals surface area contributed by atoms with Gasteiger partial charge >= 0.3 is 0 Å². The van der Waals surface area contributed by atoms with E-state index < -0.39 is 0 Å². The van der Waals surface area contributed by atoms with Gasteiger partial charge < -0.3 is 10.3 Å². The Balaban J connectivity index is 1.80. The van der Waals surface area contributed by atoms with Crippen molar-refractivity contribution in [1.29, 1.82) is 0 Å². The summed E-state index contributed by atoms with van der Waals surface area (Å²) in [5.74, 6) is -0.126. The lowest BCUT2D eigenvalue weighted by Gasteiger charge is -2.14. The third kappa shape index (κ3) is 2.90. The first-order chi connectivity index (χ1) is 10.1. The lowest BCUT2D eigenvalue weighted by atomic mass is 10.1. The fourth-order valence-electron chi connectivity index (χ4n) is 2.22. The summed E-state index contributed by atoms with van der Waals surface area (Å²) in [5.41, 5.74) is 3.13. The van der Waals surface area contributed by atoms with Crippen molar-refractivity contribution in [3.8, 4) is 0 Å². The molecular weight excluding hydrogens is 286 g/mol. The Morgan fingerprint density at radius 3 is 2.76 bits per heavy atom. The summed E-state index contributed by atoms with van der Waals surface area (Å²) in [4.78, 5) is 19.3. The SMILES string of the molecule is C[C@H](NC(=O)c1ccc2nc(Cl)[nH]c2c1)c1ccccc1. The Hall–Kier alpha value is -2.33. The van der Waals surface area contributed by atoms with Gasteiger partial charge in [0, 0.05) is 5.56 Å². The second-order valence-electron chi connectivity index (χ2n) is 4.87. The number of H-pyrrole nitrogens is 1. The smallest absolute Gasteiger partial charge is 0.251 e. The Bertz CT molecular complexity index is 783. The molecule has 0 aliphatic heterocycles. The van der Waals surface area contributed by atoms with Gasteiger partial charge in [-0.25, -0.2) is 4.98 Å². The summed E-state index contributed by atoms with van der Waals surface area (Å²) in [7, 11) is 0. The molecule has 106 valence electrons. The second-order valence-corrected chi connectivity index (χ2v) is 5.22. The molecular formula is C16H14ClN3O. The molecule has 0 saturated heterocycles. The van der Waals surface area contributed by atoms with Crippen molar-refractivity contribution in [1.82, 2.24) is 15.3 Å². The topological polar surface area (TPSA) is 57.8 Å². The van der Waals surface area contributed by atoms with Crippen LogP contribution in [-0.2, 0) is 0 Å². The van der Waals surface area contributed by atoms with Crippen molar-refractivity contribution < 1.29 is 4.79 Å². The number of amides is 1. The molecule has 0 spiro atoms. The lowest BCUT2D eigenvalue weighted by molar-refractivity contribution is 0.0940. The van der Waals surface area contributed by atoms with Crippen LogP contribution in [0.15, 0.2) is 48.5 Å². The number of nitrogens with one attached hydrogen (secondary N) is 2. The third-order valence-corrected chi connectivity index (χ3v) is 3.54. The molecule has 1 amide bonds. The maximum atomic E-state index is 12.3. The van der Waals surface area contributed by atoms with Crippen molar-refractivity contribution in [3.63, 3.8) is 0 Å². The van der Waals surface area contributed by atoms with Crippen LogP contribution in [0.2, 0.25) is 5.28 Å². The average Bonchev–Trinajstić information content (AvgIpc) is 2.87. The zero-order valence-electron chi connectivity index (χ0n) is 11.4. The fraction of sp³-hybridized carbons (Fsp3) is 0.125. The number of carbonyl (C=O) groups is 1. The van der Waals surface area contributed by atoms with E-state index in [0.717, 1.165) is 16.6 Å². The van der Waals surface area contributed by atoms with E-state index in [1.54, 1.807) is 18.2 Å². The van der Waals surface area contributed by atoms with Crippen molar-refractivity contribution in [2.24, 2.45) is 0 Å². The highest BCUT2D eigenvalue weighted by Crippen LogP contribution is 2.17. The molecule has 3 aromatic rings. The number of hydrogen-bond donors (Lipinski definition) is 2.